The van der Waals surface area contributed by atoms with Crippen LogP contribution in [0.3, 0.4) is 0 Å². The molecule has 0 radical (unpaired) electrons. The topological polar surface area (TPSA) is 67.2 Å². The highest BCUT2D eigenvalue weighted by atomic mass is 16.5. The first-order chi connectivity index (χ1) is 11.0. The quantitative estimate of drug-likeness (QED) is 0.611. The molecule has 0 aliphatic rings. The molecule has 0 aliphatic heterocycles. The Morgan fingerprint density at radius 1 is 1.35 bits per heavy atom. The van der Waals surface area contributed by atoms with Crippen LogP contribution in [0.4, 0.5) is 0 Å². The predicted octanol–water partition coefficient (Wildman–Crippen LogP) is 3.55. The van der Waals surface area contributed by atoms with Gasteiger partial charge in [0.05, 0.1) is 0 Å². The fraction of sp³-hybridized carbons (Fsp3) is 0.778. The van der Waals surface area contributed by atoms with Crippen molar-refractivity contribution < 1.29 is 9.32 Å². The minimum atomic E-state index is -0.156. The number of aryl methyl sites for hydroxylation is 1. The van der Waals surface area contributed by atoms with E-state index in [1.807, 2.05) is 6.92 Å². The average Bonchev–Trinajstić information content (AvgIpc) is 3.01. The molecule has 0 aliphatic carbocycles. The van der Waals surface area contributed by atoms with Gasteiger partial charge in [-0.05, 0) is 31.7 Å². The highest BCUT2D eigenvalue weighted by Gasteiger charge is 2.31. The smallest absolute Gasteiger partial charge is 0.273 e. The Morgan fingerprint density at radius 2 is 2.09 bits per heavy atom. The maximum Gasteiger partial charge on any atom is 0.273 e. The Morgan fingerprint density at radius 3 is 2.65 bits per heavy atom. The molecule has 0 bridgehead atoms. The molecular formula is C18H33N3O2. The van der Waals surface area contributed by atoms with Crippen LogP contribution in [-0.4, -0.2) is 30.2 Å². The van der Waals surface area contributed by atoms with Gasteiger partial charge in [0.15, 0.2) is 5.69 Å². The van der Waals surface area contributed by atoms with Crippen molar-refractivity contribution in [3.05, 3.63) is 17.5 Å². The normalized spacial score (nSPS) is 15.2. The summed E-state index contributed by atoms with van der Waals surface area (Å²) < 4.78 is 5.12. The van der Waals surface area contributed by atoms with Gasteiger partial charge in [-0.1, -0.05) is 45.7 Å². The second-order valence-electron chi connectivity index (χ2n) is 6.66. The molecule has 0 aromatic carbocycles. The summed E-state index contributed by atoms with van der Waals surface area (Å²) in [4.78, 5) is 12.4. The van der Waals surface area contributed by atoms with Gasteiger partial charge in [0.1, 0.15) is 5.76 Å². The van der Waals surface area contributed by atoms with Crippen molar-refractivity contribution in [1.29, 1.82) is 0 Å². The van der Waals surface area contributed by atoms with Crippen LogP contribution in [0.5, 0.6) is 0 Å². The van der Waals surface area contributed by atoms with E-state index in [2.05, 4.69) is 43.5 Å². The van der Waals surface area contributed by atoms with Crippen molar-refractivity contribution in [2.45, 2.75) is 72.8 Å². The molecular weight excluding hydrogens is 290 g/mol. The van der Waals surface area contributed by atoms with Crippen LogP contribution in [0, 0.1) is 5.41 Å². The maximum atomic E-state index is 12.4. The number of amides is 1. The zero-order chi connectivity index (χ0) is 17.3. The van der Waals surface area contributed by atoms with Crippen molar-refractivity contribution in [3.8, 4) is 0 Å². The van der Waals surface area contributed by atoms with E-state index in [0.717, 1.165) is 38.1 Å². The van der Waals surface area contributed by atoms with Crippen molar-refractivity contribution in [2.24, 2.45) is 5.41 Å². The second-order valence-corrected chi connectivity index (χ2v) is 6.66. The SMILES string of the molecule is CCCCNCC(C)(CCC)C(C)NC(=O)c1cc(CC)on1. The van der Waals surface area contributed by atoms with Gasteiger partial charge in [0.2, 0.25) is 0 Å². The zero-order valence-corrected chi connectivity index (χ0v) is 15.4. The van der Waals surface area contributed by atoms with E-state index >= 15 is 0 Å². The maximum absolute atomic E-state index is 12.4. The molecule has 0 saturated heterocycles. The van der Waals surface area contributed by atoms with Crippen LogP contribution in [0.15, 0.2) is 10.6 Å². The van der Waals surface area contributed by atoms with Gasteiger partial charge in [-0.2, -0.15) is 0 Å². The van der Waals surface area contributed by atoms with E-state index < -0.39 is 0 Å². The summed E-state index contributed by atoms with van der Waals surface area (Å²) in [6.07, 6.45) is 5.27. The molecule has 0 spiro atoms. The van der Waals surface area contributed by atoms with E-state index in [1.165, 1.54) is 12.8 Å². The first kappa shape index (κ1) is 19.7. The first-order valence-electron chi connectivity index (χ1n) is 8.94. The minimum absolute atomic E-state index is 0.0233. The van der Waals surface area contributed by atoms with Crippen molar-refractivity contribution >= 4 is 5.91 Å². The van der Waals surface area contributed by atoms with Gasteiger partial charge in [-0.15, -0.1) is 0 Å². The minimum Gasteiger partial charge on any atom is -0.361 e. The monoisotopic (exact) mass is 323 g/mol. The molecule has 5 heteroatoms. The van der Waals surface area contributed by atoms with Crippen molar-refractivity contribution in [3.63, 3.8) is 0 Å². The van der Waals surface area contributed by atoms with E-state index in [0.29, 0.717) is 5.69 Å². The zero-order valence-electron chi connectivity index (χ0n) is 15.4. The summed E-state index contributed by atoms with van der Waals surface area (Å²) >= 11 is 0. The summed E-state index contributed by atoms with van der Waals surface area (Å²) in [6, 6.07) is 1.78. The number of nitrogens with zero attached hydrogens (tertiary/aromatic N) is 1. The Bertz CT molecular complexity index is 473. The molecule has 2 unspecified atom stereocenters. The number of carbonyl (C=O) groups is 1. The second kappa shape index (κ2) is 9.71. The first-order valence-corrected chi connectivity index (χ1v) is 8.94. The summed E-state index contributed by atoms with van der Waals surface area (Å²) in [7, 11) is 0. The number of hydrogen-bond donors (Lipinski definition) is 2. The number of hydrogen-bond acceptors (Lipinski definition) is 4. The molecule has 5 nitrogen and oxygen atoms in total. The van der Waals surface area contributed by atoms with Crippen LogP contribution >= 0.6 is 0 Å². The van der Waals surface area contributed by atoms with E-state index in [-0.39, 0.29) is 17.4 Å². The lowest BCUT2D eigenvalue weighted by Crippen LogP contribution is -2.49. The van der Waals surface area contributed by atoms with E-state index in [4.69, 9.17) is 4.52 Å². The Balaban J connectivity index is 2.64. The number of nitrogens with one attached hydrogen (secondary N) is 2. The van der Waals surface area contributed by atoms with Crippen molar-refractivity contribution in [2.75, 3.05) is 13.1 Å². The Kier molecular flexibility index (Phi) is 8.31. The summed E-state index contributed by atoms with van der Waals surface area (Å²) in [6.45, 7) is 12.6. The van der Waals surface area contributed by atoms with E-state index in [9.17, 15) is 4.79 Å². The van der Waals surface area contributed by atoms with Gasteiger partial charge in [-0.25, -0.2) is 0 Å². The molecule has 0 fully saturated rings. The fourth-order valence-corrected chi connectivity index (χ4v) is 2.74. The standard InChI is InChI=1S/C18H33N3O2/c1-6-9-11-19-13-18(5,10-7-2)14(4)20-17(22)16-12-15(8-3)23-21-16/h12,14,19H,6-11,13H2,1-5H3,(H,20,22). The highest BCUT2D eigenvalue weighted by molar-refractivity contribution is 5.92. The molecule has 2 N–H and O–H groups in total. The third-order valence-electron chi connectivity index (χ3n) is 4.59. The fourth-order valence-electron chi connectivity index (χ4n) is 2.74. The number of aromatic nitrogens is 1. The number of unbranched alkanes of at least 4 members (excludes halogenated alkanes) is 1. The van der Waals surface area contributed by atoms with Crippen LogP contribution < -0.4 is 10.6 Å². The largest absolute Gasteiger partial charge is 0.361 e. The molecule has 1 heterocycles. The predicted molar refractivity (Wildman–Crippen MR) is 93.6 cm³/mol. The molecule has 23 heavy (non-hydrogen) atoms. The average molecular weight is 323 g/mol. The van der Waals surface area contributed by atoms with Gasteiger partial charge in [0, 0.05) is 25.1 Å². The molecule has 1 rings (SSSR count). The molecule has 0 saturated carbocycles. The summed E-state index contributed by atoms with van der Waals surface area (Å²) in [5.74, 6) is 0.581. The van der Waals surface area contributed by atoms with Crippen molar-refractivity contribution in [1.82, 2.24) is 15.8 Å². The van der Waals surface area contributed by atoms with Crippen LogP contribution in [-0.2, 0) is 6.42 Å². The molecule has 1 aromatic heterocycles. The molecule has 132 valence electrons. The van der Waals surface area contributed by atoms with Crippen LogP contribution in [0.2, 0.25) is 0 Å². The molecule has 1 amide bonds. The number of rotatable bonds is 11. The molecule has 1 aromatic rings. The van der Waals surface area contributed by atoms with Crippen LogP contribution in [0.25, 0.3) is 0 Å². The lowest BCUT2D eigenvalue weighted by atomic mass is 9.78. The third-order valence-corrected chi connectivity index (χ3v) is 4.59. The van der Waals surface area contributed by atoms with E-state index in [1.54, 1.807) is 6.07 Å². The van der Waals surface area contributed by atoms with Gasteiger partial charge in [-0.3, -0.25) is 4.79 Å². The van der Waals surface area contributed by atoms with Crippen LogP contribution in [0.1, 0.15) is 76.6 Å². The van der Waals surface area contributed by atoms with Gasteiger partial charge in [0.25, 0.3) is 5.91 Å². The lowest BCUT2D eigenvalue weighted by molar-refractivity contribution is 0.0877. The summed E-state index contributed by atoms with van der Waals surface area (Å²) in [5.41, 5.74) is 0.390. The Hall–Kier alpha value is -1.36. The summed E-state index contributed by atoms with van der Waals surface area (Å²) in [5, 5.41) is 10.5. The molecule has 2 atom stereocenters. The third kappa shape index (κ3) is 5.98. The van der Waals surface area contributed by atoms with Gasteiger partial charge < -0.3 is 15.2 Å². The highest BCUT2D eigenvalue weighted by Crippen LogP contribution is 2.27. The Labute approximate surface area is 140 Å². The lowest BCUT2D eigenvalue weighted by Gasteiger charge is -2.36. The number of carbonyl (C=O) groups excluding carboxylic acids is 1. The van der Waals surface area contributed by atoms with Gasteiger partial charge >= 0.3 is 0 Å².